The maximum Gasteiger partial charge on any atom is 0.221 e. The second-order valence-electron chi connectivity index (χ2n) is 4.09. The molecule has 9 heteroatoms. The number of amides is 1. The predicted octanol–water partition coefficient (Wildman–Crippen LogP) is -1.54. The van der Waals surface area contributed by atoms with Crippen LogP contribution in [0.4, 0.5) is 0 Å². The highest BCUT2D eigenvalue weighted by molar-refractivity contribution is 7.91. The van der Waals surface area contributed by atoms with Gasteiger partial charge in [-0.2, -0.15) is 4.98 Å². The molecule has 0 saturated carbocycles. The first-order valence-corrected chi connectivity index (χ1v) is 7.33. The highest BCUT2D eigenvalue weighted by atomic mass is 32.2. The van der Waals surface area contributed by atoms with E-state index >= 15 is 0 Å². The van der Waals surface area contributed by atoms with E-state index in [0.717, 1.165) is 0 Å². The van der Waals surface area contributed by atoms with Crippen LogP contribution < -0.4 is 10.6 Å². The predicted molar refractivity (Wildman–Crippen MR) is 61.2 cm³/mol. The van der Waals surface area contributed by atoms with E-state index in [1.165, 1.54) is 6.39 Å². The maximum atomic E-state index is 11.6. The van der Waals surface area contributed by atoms with Crippen LogP contribution in [0, 0.1) is 0 Å². The van der Waals surface area contributed by atoms with Gasteiger partial charge in [0.15, 0.2) is 15.7 Å². The summed E-state index contributed by atoms with van der Waals surface area (Å²) in [6, 6.07) is -0.325. The lowest BCUT2D eigenvalue weighted by Crippen LogP contribution is -2.47. The standard InChI is InChI=1S/C9H14N4O4S/c14-9(11-4-8-12-6-17-13-8)3-7-5-18(15,16)2-1-10-7/h6-7,10H,1-5H2,(H,11,14). The molecule has 2 heterocycles. The summed E-state index contributed by atoms with van der Waals surface area (Å²) >= 11 is 0. The molecule has 0 bridgehead atoms. The molecular weight excluding hydrogens is 260 g/mol. The van der Waals surface area contributed by atoms with Gasteiger partial charge in [-0.05, 0) is 0 Å². The molecule has 1 aromatic heterocycles. The van der Waals surface area contributed by atoms with Crippen molar-refractivity contribution in [2.75, 3.05) is 18.1 Å². The highest BCUT2D eigenvalue weighted by Gasteiger charge is 2.25. The lowest BCUT2D eigenvalue weighted by Gasteiger charge is -2.22. The smallest absolute Gasteiger partial charge is 0.221 e. The Morgan fingerprint density at radius 2 is 2.44 bits per heavy atom. The summed E-state index contributed by atoms with van der Waals surface area (Å²) in [5.41, 5.74) is 0. The molecule has 1 aliphatic heterocycles. The molecule has 1 unspecified atom stereocenters. The van der Waals surface area contributed by atoms with Crippen LogP contribution in [0.5, 0.6) is 0 Å². The first-order valence-electron chi connectivity index (χ1n) is 5.51. The van der Waals surface area contributed by atoms with Crippen molar-refractivity contribution in [3.8, 4) is 0 Å². The molecule has 1 atom stereocenters. The molecule has 8 nitrogen and oxygen atoms in total. The van der Waals surface area contributed by atoms with E-state index in [9.17, 15) is 13.2 Å². The van der Waals surface area contributed by atoms with Gasteiger partial charge < -0.3 is 15.2 Å². The van der Waals surface area contributed by atoms with Crippen LogP contribution in [-0.2, 0) is 21.2 Å². The summed E-state index contributed by atoms with van der Waals surface area (Å²) in [5.74, 6) is 0.276. The molecule has 1 saturated heterocycles. The summed E-state index contributed by atoms with van der Waals surface area (Å²) < 4.78 is 27.3. The summed E-state index contributed by atoms with van der Waals surface area (Å²) in [6.07, 6.45) is 1.30. The third-order valence-corrected chi connectivity index (χ3v) is 4.32. The Morgan fingerprint density at radius 3 is 3.11 bits per heavy atom. The monoisotopic (exact) mass is 274 g/mol. The van der Waals surface area contributed by atoms with Gasteiger partial charge in [0.05, 0.1) is 18.1 Å². The van der Waals surface area contributed by atoms with Gasteiger partial charge in [-0.25, -0.2) is 8.42 Å². The summed E-state index contributed by atoms with van der Waals surface area (Å²) in [6.45, 7) is 0.569. The number of hydrogen-bond donors (Lipinski definition) is 2. The van der Waals surface area contributed by atoms with Crippen molar-refractivity contribution in [2.24, 2.45) is 0 Å². The van der Waals surface area contributed by atoms with Gasteiger partial charge in [-0.1, -0.05) is 5.16 Å². The molecule has 1 aromatic rings. The van der Waals surface area contributed by atoms with E-state index in [1.54, 1.807) is 0 Å². The first-order chi connectivity index (χ1) is 8.55. The van der Waals surface area contributed by atoms with Crippen LogP contribution in [0.15, 0.2) is 10.9 Å². The lowest BCUT2D eigenvalue weighted by atomic mass is 10.2. The Bertz CT molecular complexity index is 499. The SMILES string of the molecule is O=C(CC1CS(=O)(=O)CCN1)NCc1ncon1. The van der Waals surface area contributed by atoms with Crippen LogP contribution >= 0.6 is 0 Å². The Hall–Kier alpha value is -1.48. The third-order valence-electron chi connectivity index (χ3n) is 2.58. The minimum Gasteiger partial charge on any atom is -0.349 e. The largest absolute Gasteiger partial charge is 0.349 e. The highest BCUT2D eigenvalue weighted by Crippen LogP contribution is 2.04. The van der Waals surface area contributed by atoms with Crippen molar-refractivity contribution in [3.63, 3.8) is 0 Å². The molecule has 1 aliphatic rings. The molecule has 1 amide bonds. The van der Waals surface area contributed by atoms with Gasteiger partial charge in [0.2, 0.25) is 12.3 Å². The van der Waals surface area contributed by atoms with Crippen molar-refractivity contribution in [2.45, 2.75) is 19.0 Å². The quantitative estimate of drug-likeness (QED) is 0.684. The molecule has 1 fully saturated rings. The van der Waals surface area contributed by atoms with Gasteiger partial charge in [-0.15, -0.1) is 0 Å². The fourth-order valence-corrected chi connectivity index (χ4v) is 3.19. The molecule has 100 valence electrons. The topological polar surface area (TPSA) is 114 Å². The van der Waals surface area contributed by atoms with Crippen molar-refractivity contribution in [1.82, 2.24) is 20.8 Å². The zero-order valence-electron chi connectivity index (χ0n) is 9.63. The van der Waals surface area contributed by atoms with E-state index in [4.69, 9.17) is 0 Å². The van der Waals surface area contributed by atoms with Gasteiger partial charge in [-0.3, -0.25) is 4.79 Å². The zero-order chi connectivity index (χ0) is 13.0. The fraction of sp³-hybridized carbons (Fsp3) is 0.667. The maximum absolute atomic E-state index is 11.6. The van der Waals surface area contributed by atoms with Crippen LogP contribution in [0.3, 0.4) is 0 Å². The molecule has 0 aliphatic carbocycles. The number of carbonyl (C=O) groups is 1. The van der Waals surface area contributed by atoms with Crippen LogP contribution in [-0.4, -0.2) is 48.6 Å². The normalized spacial score (nSPS) is 22.6. The average molecular weight is 274 g/mol. The number of aromatic nitrogens is 2. The summed E-state index contributed by atoms with van der Waals surface area (Å²) in [7, 11) is -3.02. The van der Waals surface area contributed by atoms with Crippen molar-refractivity contribution in [1.29, 1.82) is 0 Å². The van der Waals surface area contributed by atoms with Crippen molar-refractivity contribution in [3.05, 3.63) is 12.2 Å². The zero-order valence-corrected chi connectivity index (χ0v) is 10.4. The van der Waals surface area contributed by atoms with Crippen LogP contribution in [0.25, 0.3) is 0 Å². The number of hydrogen-bond acceptors (Lipinski definition) is 7. The Labute approximate surface area is 104 Å². The Balaban J connectivity index is 1.77. The molecule has 2 N–H and O–H groups in total. The van der Waals surface area contributed by atoms with E-state index in [2.05, 4.69) is 25.3 Å². The summed E-state index contributed by atoms with van der Waals surface area (Å²) in [4.78, 5) is 15.3. The number of nitrogens with zero attached hydrogens (tertiary/aromatic N) is 2. The Kier molecular flexibility index (Phi) is 3.92. The van der Waals surface area contributed by atoms with Crippen LogP contribution in [0.2, 0.25) is 0 Å². The molecule has 0 radical (unpaired) electrons. The summed E-state index contributed by atoms with van der Waals surface area (Å²) in [5, 5.41) is 9.16. The van der Waals surface area contributed by atoms with E-state index in [1.807, 2.05) is 0 Å². The van der Waals surface area contributed by atoms with Crippen molar-refractivity contribution < 1.29 is 17.7 Å². The molecule has 0 spiro atoms. The minimum atomic E-state index is -3.02. The van der Waals surface area contributed by atoms with Gasteiger partial charge in [0.1, 0.15) is 0 Å². The second-order valence-corrected chi connectivity index (χ2v) is 6.32. The number of sulfone groups is 1. The number of rotatable bonds is 4. The minimum absolute atomic E-state index is 0.00261. The molecule has 18 heavy (non-hydrogen) atoms. The van der Waals surface area contributed by atoms with Crippen LogP contribution in [0.1, 0.15) is 12.2 Å². The average Bonchev–Trinajstić information content (AvgIpc) is 2.77. The fourth-order valence-electron chi connectivity index (χ4n) is 1.74. The number of carbonyl (C=O) groups excluding carboxylic acids is 1. The van der Waals surface area contributed by atoms with Crippen molar-refractivity contribution >= 4 is 15.7 Å². The molecular formula is C9H14N4O4S. The second kappa shape index (κ2) is 5.44. The lowest BCUT2D eigenvalue weighted by molar-refractivity contribution is -0.121. The third kappa shape index (κ3) is 3.77. The molecule has 2 rings (SSSR count). The first kappa shape index (κ1) is 13.0. The van der Waals surface area contributed by atoms with Gasteiger partial charge in [0, 0.05) is 19.0 Å². The molecule has 0 aromatic carbocycles. The van der Waals surface area contributed by atoms with E-state index in [0.29, 0.717) is 12.4 Å². The van der Waals surface area contributed by atoms with Gasteiger partial charge in [0.25, 0.3) is 0 Å². The van der Waals surface area contributed by atoms with Gasteiger partial charge >= 0.3 is 0 Å². The Morgan fingerprint density at radius 1 is 1.61 bits per heavy atom. The van der Waals surface area contributed by atoms with E-state index in [-0.39, 0.29) is 36.4 Å². The number of nitrogens with one attached hydrogen (secondary N) is 2. The van der Waals surface area contributed by atoms with E-state index < -0.39 is 9.84 Å².